The van der Waals surface area contributed by atoms with Crippen LogP contribution in [0.2, 0.25) is 0 Å². The van der Waals surface area contributed by atoms with Crippen molar-refractivity contribution in [2.75, 3.05) is 5.32 Å². The third-order valence-electron chi connectivity index (χ3n) is 2.91. The number of Topliss-reactive ketones (excluding diaryl/α,β-unsaturated/α-hetero) is 1. The second kappa shape index (κ2) is 6.70. The van der Waals surface area contributed by atoms with E-state index in [1.807, 2.05) is 55.5 Å². The normalized spacial score (nSPS) is 10.1. The van der Waals surface area contributed by atoms with Gasteiger partial charge in [0.1, 0.15) is 0 Å². The SMILES string of the molecule is C=C(CC(=O)c1ccc(C)cc1)Nc1ccc(I)cc1. The van der Waals surface area contributed by atoms with Gasteiger partial charge >= 0.3 is 0 Å². The van der Waals surface area contributed by atoms with Crippen LogP contribution in [0.5, 0.6) is 0 Å². The van der Waals surface area contributed by atoms with Gasteiger partial charge in [-0.15, -0.1) is 0 Å². The number of nitrogens with one attached hydrogen (secondary N) is 1. The summed E-state index contributed by atoms with van der Waals surface area (Å²) in [7, 11) is 0. The van der Waals surface area contributed by atoms with Crippen LogP contribution in [0.4, 0.5) is 5.69 Å². The topological polar surface area (TPSA) is 29.1 Å². The molecule has 2 aromatic carbocycles. The molecule has 1 N–H and O–H groups in total. The maximum Gasteiger partial charge on any atom is 0.168 e. The minimum absolute atomic E-state index is 0.0769. The Balaban J connectivity index is 1.95. The van der Waals surface area contributed by atoms with E-state index < -0.39 is 0 Å². The molecule has 0 aliphatic carbocycles. The molecule has 0 radical (unpaired) electrons. The van der Waals surface area contributed by atoms with E-state index in [1.165, 1.54) is 3.57 Å². The summed E-state index contributed by atoms with van der Waals surface area (Å²) < 4.78 is 1.18. The average molecular weight is 377 g/mol. The third-order valence-corrected chi connectivity index (χ3v) is 3.63. The fourth-order valence-electron chi connectivity index (χ4n) is 1.82. The number of hydrogen-bond acceptors (Lipinski definition) is 2. The summed E-state index contributed by atoms with van der Waals surface area (Å²) in [5.74, 6) is 0.0769. The van der Waals surface area contributed by atoms with E-state index in [4.69, 9.17) is 0 Å². The second-order valence-electron chi connectivity index (χ2n) is 4.70. The summed E-state index contributed by atoms with van der Waals surface area (Å²) >= 11 is 2.26. The Hall–Kier alpha value is -1.62. The number of rotatable bonds is 5. The first-order chi connectivity index (χ1) is 9.54. The molecule has 2 aromatic rings. The number of allylic oxidation sites excluding steroid dienone is 1. The molecule has 102 valence electrons. The van der Waals surface area contributed by atoms with Crippen molar-refractivity contribution in [2.45, 2.75) is 13.3 Å². The largest absolute Gasteiger partial charge is 0.359 e. The lowest BCUT2D eigenvalue weighted by Gasteiger charge is -2.09. The summed E-state index contributed by atoms with van der Waals surface area (Å²) in [6.07, 6.45) is 0.301. The highest BCUT2D eigenvalue weighted by molar-refractivity contribution is 14.1. The van der Waals surface area contributed by atoms with Gasteiger partial charge in [-0.05, 0) is 53.8 Å². The molecule has 0 spiro atoms. The molecule has 0 heterocycles. The van der Waals surface area contributed by atoms with Crippen LogP contribution >= 0.6 is 22.6 Å². The van der Waals surface area contributed by atoms with Crippen molar-refractivity contribution in [1.29, 1.82) is 0 Å². The van der Waals surface area contributed by atoms with Gasteiger partial charge in [0.25, 0.3) is 0 Å². The summed E-state index contributed by atoms with van der Waals surface area (Å²) in [6, 6.07) is 15.6. The summed E-state index contributed by atoms with van der Waals surface area (Å²) in [5, 5.41) is 3.16. The summed E-state index contributed by atoms with van der Waals surface area (Å²) in [6.45, 7) is 5.93. The van der Waals surface area contributed by atoms with Crippen LogP contribution in [0.15, 0.2) is 60.8 Å². The lowest BCUT2D eigenvalue weighted by atomic mass is 10.1. The van der Waals surface area contributed by atoms with Gasteiger partial charge in [0.15, 0.2) is 5.78 Å². The molecular weight excluding hydrogens is 361 g/mol. The highest BCUT2D eigenvalue weighted by atomic mass is 127. The zero-order valence-corrected chi connectivity index (χ0v) is 13.5. The number of aryl methyl sites for hydroxylation is 1. The van der Waals surface area contributed by atoms with E-state index in [0.717, 1.165) is 16.8 Å². The number of ketones is 1. The molecular formula is C17H16INO. The number of halogens is 1. The van der Waals surface area contributed by atoms with Gasteiger partial charge < -0.3 is 5.32 Å². The Morgan fingerprint density at radius 2 is 1.70 bits per heavy atom. The number of hydrogen-bond donors (Lipinski definition) is 1. The first-order valence-electron chi connectivity index (χ1n) is 6.35. The Morgan fingerprint density at radius 3 is 2.30 bits per heavy atom. The average Bonchev–Trinajstić information content (AvgIpc) is 2.42. The van der Waals surface area contributed by atoms with E-state index >= 15 is 0 Å². The standard InChI is InChI=1S/C17H16INO/c1-12-3-5-14(6-4-12)17(20)11-13(2)19-16-9-7-15(18)8-10-16/h3-10,19H,2,11H2,1H3. The smallest absolute Gasteiger partial charge is 0.168 e. The van der Waals surface area contributed by atoms with E-state index in [2.05, 4.69) is 34.5 Å². The van der Waals surface area contributed by atoms with Crippen LogP contribution < -0.4 is 5.32 Å². The minimum atomic E-state index is 0.0769. The predicted octanol–water partition coefficient (Wildman–Crippen LogP) is 4.80. The molecule has 0 aliphatic heterocycles. The number of carbonyl (C=O) groups excluding carboxylic acids is 1. The molecule has 0 bridgehead atoms. The first-order valence-corrected chi connectivity index (χ1v) is 7.43. The maximum absolute atomic E-state index is 12.1. The van der Waals surface area contributed by atoms with E-state index in [0.29, 0.717) is 12.1 Å². The Kier molecular flexibility index (Phi) is 4.95. The quantitative estimate of drug-likeness (QED) is 0.599. The van der Waals surface area contributed by atoms with Crippen molar-refractivity contribution in [2.24, 2.45) is 0 Å². The molecule has 0 amide bonds. The predicted molar refractivity (Wildman–Crippen MR) is 92.0 cm³/mol. The van der Waals surface area contributed by atoms with Crippen LogP contribution in [-0.2, 0) is 0 Å². The van der Waals surface area contributed by atoms with Gasteiger partial charge in [0.05, 0.1) is 6.42 Å². The molecule has 0 unspecified atom stereocenters. The highest BCUT2D eigenvalue weighted by Gasteiger charge is 2.07. The molecule has 0 aliphatic rings. The fourth-order valence-corrected chi connectivity index (χ4v) is 2.18. The van der Waals surface area contributed by atoms with Gasteiger partial charge in [-0.3, -0.25) is 4.79 Å². The lowest BCUT2D eigenvalue weighted by molar-refractivity contribution is 0.0993. The van der Waals surface area contributed by atoms with Crippen LogP contribution in [0, 0.1) is 10.5 Å². The molecule has 0 atom stereocenters. The monoisotopic (exact) mass is 377 g/mol. The highest BCUT2D eigenvalue weighted by Crippen LogP contribution is 2.15. The van der Waals surface area contributed by atoms with Crippen molar-refractivity contribution >= 4 is 34.1 Å². The first kappa shape index (κ1) is 14.8. The van der Waals surface area contributed by atoms with Crippen molar-refractivity contribution in [1.82, 2.24) is 0 Å². The zero-order chi connectivity index (χ0) is 14.5. The van der Waals surface area contributed by atoms with Gasteiger partial charge in [-0.25, -0.2) is 0 Å². The van der Waals surface area contributed by atoms with Crippen molar-refractivity contribution in [3.05, 3.63) is 75.5 Å². The van der Waals surface area contributed by atoms with Gasteiger partial charge in [-0.2, -0.15) is 0 Å². The third kappa shape index (κ3) is 4.20. The number of benzene rings is 2. The zero-order valence-electron chi connectivity index (χ0n) is 11.3. The molecule has 0 saturated carbocycles. The van der Waals surface area contributed by atoms with Gasteiger partial charge in [0, 0.05) is 20.5 Å². The van der Waals surface area contributed by atoms with Crippen LogP contribution in [0.1, 0.15) is 22.3 Å². The molecule has 2 rings (SSSR count). The molecule has 3 heteroatoms. The Morgan fingerprint density at radius 1 is 1.10 bits per heavy atom. The minimum Gasteiger partial charge on any atom is -0.359 e. The lowest BCUT2D eigenvalue weighted by Crippen LogP contribution is -2.06. The second-order valence-corrected chi connectivity index (χ2v) is 5.95. The maximum atomic E-state index is 12.1. The Bertz CT molecular complexity index is 614. The number of carbonyl (C=O) groups is 1. The van der Waals surface area contributed by atoms with Gasteiger partial charge in [-0.1, -0.05) is 36.4 Å². The molecule has 0 fully saturated rings. The van der Waals surface area contributed by atoms with Crippen LogP contribution in [0.25, 0.3) is 0 Å². The van der Waals surface area contributed by atoms with Crippen LogP contribution in [0.3, 0.4) is 0 Å². The molecule has 0 aromatic heterocycles. The van der Waals surface area contributed by atoms with E-state index in [9.17, 15) is 4.79 Å². The van der Waals surface area contributed by atoms with Crippen LogP contribution in [-0.4, -0.2) is 5.78 Å². The number of anilines is 1. The van der Waals surface area contributed by atoms with Crippen molar-refractivity contribution in [3.63, 3.8) is 0 Å². The summed E-state index contributed by atoms with van der Waals surface area (Å²) in [5.41, 5.74) is 3.53. The van der Waals surface area contributed by atoms with E-state index in [1.54, 1.807) is 0 Å². The van der Waals surface area contributed by atoms with Crippen molar-refractivity contribution in [3.8, 4) is 0 Å². The molecule has 2 nitrogen and oxygen atoms in total. The fraction of sp³-hybridized carbons (Fsp3) is 0.118. The Labute approximate surface area is 133 Å². The van der Waals surface area contributed by atoms with Gasteiger partial charge in [0.2, 0.25) is 0 Å². The molecule has 0 saturated heterocycles. The van der Waals surface area contributed by atoms with E-state index in [-0.39, 0.29) is 5.78 Å². The van der Waals surface area contributed by atoms with Crippen molar-refractivity contribution < 1.29 is 4.79 Å². The molecule has 20 heavy (non-hydrogen) atoms. The summed E-state index contributed by atoms with van der Waals surface area (Å²) in [4.78, 5) is 12.1.